The van der Waals surface area contributed by atoms with Crippen LogP contribution in [0.3, 0.4) is 0 Å². The molecule has 2 rings (SSSR count). The quantitative estimate of drug-likeness (QED) is 0.829. The summed E-state index contributed by atoms with van der Waals surface area (Å²) in [5.74, 6) is 0. The fourth-order valence-electron chi connectivity index (χ4n) is 3.56. The van der Waals surface area contributed by atoms with E-state index in [1.165, 1.54) is 58.4 Å². The predicted molar refractivity (Wildman–Crippen MR) is 78.0 cm³/mol. The third-order valence-electron chi connectivity index (χ3n) is 4.48. The first-order valence-corrected chi connectivity index (χ1v) is 7.88. The fraction of sp³-hybridized carbons (Fsp3) is 1.00. The van der Waals surface area contributed by atoms with E-state index in [9.17, 15) is 0 Å². The van der Waals surface area contributed by atoms with E-state index in [1.54, 1.807) is 0 Å². The van der Waals surface area contributed by atoms with E-state index in [4.69, 9.17) is 0 Å². The summed E-state index contributed by atoms with van der Waals surface area (Å²) in [7, 11) is 0. The molecule has 2 aliphatic heterocycles. The molecule has 0 aromatic rings. The molecule has 0 bridgehead atoms. The summed E-state index contributed by atoms with van der Waals surface area (Å²) in [6, 6.07) is 2.16. The fourth-order valence-corrected chi connectivity index (χ4v) is 3.56. The summed E-state index contributed by atoms with van der Waals surface area (Å²) in [6.07, 6.45) is 5.53. The van der Waals surface area contributed by atoms with Gasteiger partial charge in [-0.2, -0.15) is 0 Å². The zero-order valence-corrected chi connectivity index (χ0v) is 12.5. The molecule has 106 valence electrons. The van der Waals surface area contributed by atoms with Gasteiger partial charge in [-0.1, -0.05) is 6.42 Å². The van der Waals surface area contributed by atoms with E-state index in [2.05, 4.69) is 35.9 Å². The van der Waals surface area contributed by atoms with E-state index >= 15 is 0 Å². The first kappa shape index (κ1) is 14.3. The van der Waals surface area contributed by atoms with Crippen molar-refractivity contribution < 1.29 is 0 Å². The number of piperidine rings is 1. The highest BCUT2D eigenvalue weighted by Crippen LogP contribution is 2.20. The summed E-state index contributed by atoms with van der Waals surface area (Å²) < 4.78 is 0. The minimum absolute atomic E-state index is 0.656. The molecule has 2 fully saturated rings. The Morgan fingerprint density at radius 3 is 2.78 bits per heavy atom. The van der Waals surface area contributed by atoms with Gasteiger partial charge in [-0.3, -0.25) is 4.90 Å². The maximum Gasteiger partial charge on any atom is 0.0225 e. The molecule has 0 aromatic heterocycles. The average molecular weight is 253 g/mol. The Labute approximate surface area is 113 Å². The summed E-state index contributed by atoms with van der Waals surface area (Å²) in [4.78, 5) is 5.42. The molecule has 2 atom stereocenters. The van der Waals surface area contributed by atoms with Crippen LogP contribution in [0.2, 0.25) is 0 Å². The zero-order chi connectivity index (χ0) is 13.0. The van der Waals surface area contributed by atoms with Gasteiger partial charge in [-0.25, -0.2) is 0 Å². The van der Waals surface area contributed by atoms with Gasteiger partial charge in [0.25, 0.3) is 0 Å². The van der Waals surface area contributed by atoms with Crippen LogP contribution in [0.1, 0.15) is 46.5 Å². The molecule has 0 aliphatic carbocycles. The molecular weight excluding hydrogens is 222 g/mol. The predicted octanol–water partition coefficient (Wildman–Crippen LogP) is 1.93. The Morgan fingerprint density at radius 1 is 1.17 bits per heavy atom. The van der Waals surface area contributed by atoms with Gasteiger partial charge in [-0.05, 0) is 59.7 Å². The van der Waals surface area contributed by atoms with E-state index in [0.29, 0.717) is 12.1 Å². The number of likely N-dealkylation sites (tertiary alicyclic amines) is 1. The molecule has 3 heteroatoms. The zero-order valence-electron chi connectivity index (χ0n) is 12.5. The third kappa shape index (κ3) is 3.94. The van der Waals surface area contributed by atoms with E-state index in [1.807, 2.05) is 0 Å². The van der Waals surface area contributed by atoms with Crippen LogP contribution in [0.5, 0.6) is 0 Å². The van der Waals surface area contributed by atoms with Crippen LogP contribution in [0, 0.1) is 0 Å². The highest BCUT2D eigenvalue weighted by Gasteiger charge is 2.27. The molecule has 2 heterocycles. The third-order valence-corrected chi connectivity index (χ3v) is 4.48. The van der Waals surface area contributed by atoms with Gasteiger partial charge >= 0.3 is 0 Å². The number of hydrogen-bond acceptors (Lipinski definition) is 3. The van der Waals surface area contributed by atoms with Crippen LogP contribution in [0.25, 0.3) is 0 Å². The molecule has 2 saturated heterocycles. The lowest BCUT2D eigenvalue weighted by Crippen LogP contribution is -2.50. The number of hydrogen-bond donors (Lipinski definition) is 1. The molecular formula is C15H31N3. The number of nitrogens with zero attached hydrogens (tertiary/aromatic N) is 2. The molecule has 0 aromatic carbocycles. The van der Waals surface area contributed by atoms with Crippen molar-refractivity contribution in [3.8, 4) is 0 Å². The maximum atomic E-state index is 3.59. The molecule has 0 radical (unpaired) electrons. The van der Waals surface area contributed by atoms with Crippen molar-refractivity contribution in [2.75, 3.05) is 32.7 Å². The van der Waals surface area contributed by atoms with Crippen LogP contribution in [-0.4, -0.2) is 60.6 Å². The first-order chi connectivity index (χ1) is 8.66. The van der Waals surface area contributed by atoms with Gasteiger partial charge in [-0.15, -0.1) is 0 Å². The molecule has 18 heavy (non-hydrogen) atoms. The Balaban J connectivity index is 1.89. The Morgan fingerprint density at radius 2 is 2.00 bits per heavy atom. The van der Waals surface area contributed by atoms with Crippen molar-refractivity contribution in [2.45, 2.75) is 64.6 Å². The summed E-state index contributed by atoms with van der Waals surface area (Å²) in [5.41, 5.74) is 0. The first-order valence-electron chi connectivity index (χ1n) is 7.88. The molecule has 0 spiro atoms. The lowest BCUT2D eigenvalue weighted by molar-refractivity contribution is 0.0777. The molecule has 2 aliphatic rings. The maximum absolute atomic E-state index is 3.59. The minimum atomic E-state index is 0.656. The molecule has 0 amide bonds. The molecule has 2 unspecified atom stereocenters. The molecule has 3 nitrogen and oxygen atoms in total. The van der Waals surface area contributed by atoms with E-state index in [-0.39, 0.29) is 0 Å². The minimum Gasteiger partial charge on any atom is -0.313 e. The van der Waals surface area contributed by atoms with Gasteiger partial charge in [0.05, 0.1) is 0 Å². The largest absolute Gasteiger partial charge is 0.313 e. The Bertz CT molecular complexity index is 242. The smallest absolute Gasteiger partial charge is 0.0225 e. The average Bonchev–Trinajstić information content (AvgIpc) is 2.54. The van der Waals surface area contributed by atoms with Gasteiger partial charge < -0.3 is 10.2 Å². The van der Waals surface area contributed by atoms with Crippen molar-refractivity contribution >= 4 is 0 Å². The highest BCUT2D eigenvalue weighted by atomic mass is 15.2. The standard InChI is InChI=1S/C15H31N3/c1-13(2)18-10-5-4-7-15(18)12-17-9-6-8-16-14(3)11-17/h13-16H,4-12H2,1-3H3. The SMILES string of the molecule is CC1CN(CC2CCCCN2C(C)C)CCCN1. The Kier molecular flexibility index (Phi) is 5.46. The molecule has 1 N–H and O–H groups in total. The number of rotatable bonds is 3. The normalized spacial score (nSPS) is 32.7. The Hall–Kier alpha value is -0.120. The second-order valence-electron chi connectivity index (χ2n) is 6.45. The summed E-state index contributed by atoms with van der Waals surface area (Å²) in [5, 5.41) is 3.59. The van der Waals surface area contributed by atoms with Gasteiger partial charge in [0.1, 0.15) is 0 Å². The van der Waals surface area contributed by atoms with Crippen molar-refractivity contribution in [1.82, 2.24) is 15.1 Å². The van der Waals surface area contributed by atoms with Crippen molar-refractivity contribution in [2.24, 2.45) is 0 Å². The van der Waals surface area contributed by atoms with Crippen LogP contribution < -0.4 is 5.32 Å². The van der Waals surface area contributed by atoms with Crippen LogP contribution in [0.4, 0.5) is 0 Å². The van der Waals surface area contributed by atoms with Crippen LogP contribution in [-0.2, 0) is 0 Å². The lowest BCUT2D eigenvalue weighted by atomic mass is 9.99. The molecule has 0 saturated carbocycles. The van der Waals surface area contributed by atoms with E-state index in [0.717, 1.165) is 6.04 Å². The van der Waals surface area contributed by atoms with Gasteiger partial charge in [0, 0.05) is 31.2 Å². The highest BCUT2D eigenvalue weighted by molar-refractivity contribution is 4.84. The van der Waals surface area contributed by atoms with E-state index < -0.39 is 0 Å². The van der Waals surface area contributed by atoms with Gasteiger partial charge in [0.15, 0.2) is 0 Å². The van der Waals surface area contributed by atoms with Crippen molar-refractivity contribution in [3.05, 3.63) is 0 Å². The topological polar surface area (TPSA) is 18.5 Å². The second-order valence-corrected chi connectivity index (χ2v) is 6.45. The summed E-state index contributed by atoms with van der Waals surface area (Å²) >= 11 is 0. The van der Waals surface area contributed by atoms with Crippen molar-refractivity contribution in [1.29, 1.82) is 0 Å². The number of nitrogens with one attached hydrogen (secondary N) is 1. The van der Waals surface area contributed by atoms with Crippen LogP contribution in [0.15, 0.2) is 0 Å². The monoisotopic (exact) mass is 253 g/mol. The second kappa shape index (κ2) is 6.88. The van der Waals surface area contributed by atoms with Crippen LogP contribution >= 0.6 is 0 Å². The lowest BCUT2D eigenvalue weighted by Gasteiger charge is -2.41. The summed E-state index contributed by atoms with van der Waals surface area (Å²) in [6.45, 7) is 13.3. The van der Waals surface area contributed by atoms with Gasteiger partial charge in [0.2, 0.25) is 0 Å². The van der Waals surface area contributed by atoms with Crippen molar-refractivity contribution in [3.63, 3.8) is 0 Å².